The van der Waals surface area contributed by atoms with Crippen molar-refractivity contribution < 1.29 is 0 Å². The summed E-state index contributed by atoms with van der Waals surface area (Å²) in [5.74, 6) is 0. The van der Waals surface area contributed by atoms with E-state index in [0.717, 1.165) is 28.9 Å². The van der Waals surface area contributed by atoms with Gasteiger partial charge >= 0.3 is 0 Å². The van der Waals surface area contributed by atoms with Gasteiger partial charge in [0.25, 0.3) is 0 Å². The van der Waals surface area contributed by atoms with Crippen molar-refractivity contribution >= 4 is 54.8 Å². The quantitative estimate of drug-likeness (QED) is 0.566. The summed E-state index contributed by atoms with van der Waals surface area (Å²) in [6.45, 7) is 3.20. The second-order valence-electron chi connectivity index (χ2n) is 4.59. The molecule has 0 aliphatic carbocycles. The van der Waals surface area contributed by atoms with E-state index in [9.17, 15) is 0 Å². The lowest BCUT2D eigenvalue weighted by atomic mass is 10.0. The van der Waals surface area contributed by atoms with E-state index in [2.05, 4.69) is 68.4 Å². The minimum absolute atomic E-state index is 0.314. The van der Waals surface area contributed by atoms with Crippen LogP contribution in [0.15, 0.2) is 38.6 Å². The number of benzene rings is 1. The van der Waals surface area contributed by atoms with Crippen molar-refractivity contribution in [1.29, 1.82) is 0 Å². The molecule has 1 N–H and O–H groups in total. The summed E-state index contributed by atoms with van der Waals surface area (Å²) in [5.41, 5.74) is 1.26. The highest BCUT2D eigenvalue weighted by Crippen LogP contribution is 2.30. The standard InChI is InChI=1S/C15H16Br2ClNS/c1-2-7-19-14(9-11-4-6-15(17)20-11)10-3-5-13(18)12(16)8-10/h3-6,8,14,19H,2,7,9H2,1H3. The van der Waals surface area contributed by atoms with E-state index < -0.39 is 0 Å². The maximum absolute atomic E-state index is 6.08. The molecule has 2 rings (SSSR count). The molecule has 0 amide bonds. The van der Waals surface area contributed by atoms with Crippen molar-refractivity contribution in [3.05, 3.63) is 54.1 Å². The summed E-state index contributed by atoms with van der Waals surface area (Å²) >= 11 is 14.9. The summed E-state index contributed by atoms with van der Waals surface area (Å²) < 4.78 is 2.13. The van der Waals surface area contributed by atoms with Crippen molar-refractivity contribution in [3.8, 4) is 0 Å². The van der Waals surface area contributed by atoms with Gasteiger partial charge in [-0.1, -0.05) is 24.6 Å². The Morgan fingerprint density at radius 2 is 2.05 bits per heavy atom. The van der Waals surface area contributed by atoms with Gasteiger partial charge in [-0.3, -0.25) is 0 Å². The maximum Gasteiger partial charge on any atom is 0.0701 e. The van der Waals surface area contributed by atoms with E-state index >= 15 is 0 Å². The van der Waals surface area contributed by atoms with Gasteiger partial charge in [0.1, 0.15) is 0 Å². The Balaban J connectivity index is 2.19. The second-order valence-corrected chi connectivity index (χ2v) is 8.40. The first-order valence-corrected chi connectivity index (χ1v) is 9.30. The summed E-state index contributed by atoms with van der Waals surface area (Å²) in [7, 11) is 0. The third-order valence-electron chi connectivity index (χ3n) is 3.02. The Morgan fingerprint density at radius 3 is 2.65 bits per heavy atom. The van der Waals surface area contributed by atoms with Crippen LogP contribution in [0.2, 0.25) is 5.02 Å². The Labute approximate surface area is 146 Å². The Kier molecular flexibility index (Phi) is 6.56. The van der Waals surface area contributed by atoms with Crippen LogP contribution in [0.3, 0.4) is 0 Å². The van der Waals surface area contributed by atoms with Crippen LogP contribution in [0, 0.1) is 0 Å². The van der Waals surface area contributed by atoms with Crippen molar-refractivity contribution in [2.45, 2.75) is 25.8 Å². The van der Waals surface area contributed by atoms with Gasteiger partial charge in [0, 0.05) is 21.8 Å². The van der Waals surface area contributed by atoms with Gasteiger partial charge in [-0.25, -0.2) is 0 Å². The zero-order valence-corrected chi connectivity index (χ0v) is 15.9. The lowest BCUT2D eigenvalue weighted by molar-refractivity contribution is 0.532. The van der Waals surface area contributed by atoms with E-state index in [4.69, 9.17) is 11.6 Å². The molecule has 1 aromatic carbocycles. The molecule has 1 nitrogen and oxygen atoms in total. The lowest BCUT2D eigenvalue weighted by Crippen LogP contribution is -2.23. The molecule has 2 aromatic rings. The number of nitrogens with one attached hydrogen (secondary N) is 1. The minimum Gasteiger partial charge on any atom is -0.310 e. The topological polar surface area (TPSA) is 12.0 Å². The van der Waals surface area contributed by atoms with Crippen LogP contribution in [-0.4, -0.2) is 6.54 Å². The molecule has 0 spiro atoms. The molecular formula is C15H16Br2ClNS. The number of hydrogen-bond acceptors (Lipinski definition) is 2. The molecule has 0 saturated carbocycles. The van der Waals surface area contributed by atoms with Gasteiger partial charge in [0.15, 0.2) is 0 Å². The molecular weight excluding hydrogens is 422 g/mol. The van der Waals surface area contributed by atoms with E-state index in [1.165, 1.54) is 14.2 Å². The third-order valence-corrected chi connectivity index (χ3v) is 5.88. The molecule has 1 atom stereocenters. The molecule has 0 bridgehead atoms. The van der Waals surface area contributed by atoms with Crippen LogP contribution in [0.25, 0.3) is 0 Å². The summed E-state index contributed by atoms with van der Waals surface area (Å²) in [6, 6.07) is 10.8. The molecule has 1 aromatic heterocycles. The molecule has 0 aliphatic heterocycles. The van der Waals surface area contributed by atoms with Gasteiger partial charge in [-0.15, -0.1) is 11.3 Å². The molecule has 1 unspecified atom stereocenters. The lowest BCUT2D eigenvalue weighted by Gasteiger charge is -2.19. The molecule has 1 heterocycles. The summed E-state index contributed by atoms with van der Waals surface area (Å²) in [5, 5.41) is 4.37. The molecule has 0 radical (unpaired) electrons. The molecule has 0 aliphatic rings. The SMILES string of the molecule is CCCNC(Cc1ccc(Br)s1)c1ccc(Cl)c(Br)c1. The van der Waals surface area contributed by atoms with Crippen molar-refractivity contribution in [2.75, 3.05) is 6.54 Å². The van der Waals surface area contributed by atoms with Crippen molar-refractivity contribution in [1.82, 2.24) is 5.32 Å². The fourth-order valence-corrected chi connectivity index (χ4v) is 4.06. The van der Waals surface area contributed by atoms with Crippen LogP contribution in [-0.2, 0) is 6.42 Å². The third kappa shape index (κ3) is 4.57. The first-order chi connectivity index (χ1) is 9.60. The van der Waals surface area contributed by atoms with Gasteiger partial charge in [-0.05, 0) is 74.7 Å². The second kappa shape index (κ2) is 7.95. The molecule has 20 heavy (non-hydrogen) atoms. The Hall–Kier alpha value is 0.130. The largest absolute Gasteiger partial charge is 0.310 e. The number of halogens is 3. The van der Waals surface area contributed by atoms with E-state index in [1.54, 1.807) is 11.3 Å². The summed E-state index contributed by atoms with van der Waals surface area (Å²) in [6.07, 6.45) is 2.11. The van der Waals surface area contributed by atoms with Gasteiger partial charge in [-0.2, -0.15) is 0 Å². The first-order valence-electron chi connectivity index (χ1n) is 6.52. The van der Waals surface area contributed by atoms with E-state index in [0.29, 0.717) is 6.04 Å². The molecule has 0 fully saturated rings. The van der Waals surface area contributed by atoms with Gasteiger partial charge in [0.2, 0.25) is 0 Å². The monoisotopic (exact) mass is 435 g/mol. The first kappa shape index (κ1) is 16.5. The van der Waals surface area contributed by atoms with E-state index in [1.807, 2.05) is 6.07 Å². The van der Waals surface area contributed by atoms with Gasteiger partial charge < -0.3 is 5.32 Å². The average molecular weight is 438 g/mol. The highest BCUT2D eigenvalue weighted by Gasteiger charge is 2.14. The highest BCUT2D eigenvalue weighted by molar-refractivity contribution is 9.11. The normalized spacial score (nSPS) is 12.6. The smallest absolute Gasteiger partial charge is 0.0701 e. The molecule has 108 valence electrons. The van der Waals surface area contributed by atoms with Crippen LogP contribution in [0.1, 0.15) is 29.8 Å². The predicted octanol–water partition coefficient (Wildman–Crippen LogP) is 6.21. The molecule has 0 saturated heterocycles. The Bertz CT molecular complexity index is 571. The van der Waals surface area contributed by atoms with Crippen LogP contribution < -0.4 is 5.32 Å². The van der Waals surface area contributed by atoms with Crippen LogP contribution in [0.5, 0.6) is 0 Å². The maximum atomic E-state index is 6.08. The van der Waals surface area contributed by atoms with Crippen LogP contribution >= 0.6 is 54.8 Å². The highest BCUT2D eigenvalue weighted by atomic mass is 79.9. The zero-order chi connectivity index (χ0) is 14.5. The number of hydrogen-bond donors (Lipinski definition) is 1. The van der Waals surface area contributed by atoms with E-state index in [-0.39, 0.29) is 0 Å². The van der Waals surface area contributed by atoms with Gasteiger partial charge in [0.05, 0.1) is 8.81 Å². The fraction of sp³-hybridized carbons (Fsp3) is 0.333. The van der Waals surface area contributed by atoms with Crippen molar-refractivity contribution in [2.24, 2.45) is 0 Å². The van der Waals surface area contributed by atoms with Crippen molar-refractivity contribution in [3.63, 3.8) is 0 Å². The summed E-state index contributed by atoms with van der Waals surface area (Å²) in [4.78, 5) is 1.37. The predicted molar refractivity (Wildman–Crippen MR) is 95.9 cm³/mol. The number of thiophene rings is 1. The Morgan fingerprint density at radius 1 is 1.25 bits per heavy atom. The average Bonchev–Trinajstić information content (AvgIpc) is 2.83. The fourth-order valence-electron chi connectivity index (χ4n) is 2.02. The van der Waals surface area contributed by atoms with Crippen LogP contribution in [0.4, 0.5) is 0 Å². The molecule has 5 heteroatoms. The zero-order valence-electron chi connectivity index (χ0n) is 11.1. The number of rotatable bonds is 6. The minimum atomic E-state index is 0.314.